The smallest absolute Gasteiger partial charge is 0.115 e. The lowest BCUT2D eigenvalue weighted by Gasteiger charge is -2.35. The quantitative estimate of drug-likeness (QED) is 0.532. The van der Waals surface area contributed by atoms with Gasteiger partial charge in [0.1, 0.15) is 11.2 Å². The summed E-state index contributed by atoms with van der Waals surface area (Å²) in [7, 11) is 0. The lowest BCUT2D eigenvalue weighted by molar-refractivity contribution is -0.183. The summed E-state index contributed by atoms with van der Waals surface area (Å²) in [4.78, 5) is 0. The molecule has 0 aromatic rings. The topological polar surface area (TPSA) is 71.5 Å². The van der Waals surface area contributed by atoms with Gasteiger partial charge in [-0.2, -0.15) is 0 Å². The van der Waals surface area contributed by atoms with E-state index in [1.165, 1.54) is 0 Å². The Bertz CT molecular complexity index is 266. The van der Waals surface area contributed by atoms with Gasteiger partial charge in [-0.25, -0.2) is 0 Å². The highest BCUT2D eigenvalue weighted by molar-refractivity contribution is 4.91. The monoisotopic (exact) mass is 244 g/mol. The Morgan fingerprint density at radius 3 is 1.88 bits per heavy atom. The molecule has 0 aliphatic carbocycles. The molecule has 0 bridgehead atoms. The van der Waals surface area contributed by atoms with E-state index >= 15 is 0 Å². The van der Waals surface area contributed by atoms with E-state index in [9.17, 15) is 10.2 Å². The summed E-state index contributed by atoms with van der Waals surface area (Å²) in [5.74, 6) is 0. The van der Waals surface area contributed by atoms with Crippen LogP contribution >= 0.6 is 0 Å². The second kappa shape index (κ2) is 5.04. The molecule has 98 valence electrons. The Hall–Kier alpha value is -0.460. The Labute approximate surface area is 101 Å². The number of rotatable bonds is 4. The minimum Gasteiger partial charge on any atom is -0.385 e. The molecule has 1 unspecified atom stereocenters. The van der Waals surface area contributed by atoms with Crippen molar-refractivity contribution in [2.24, 2.45) is 0 Å². The lowest BCUT2D eigenvalue weighted by atomic mass is 9.96. The van der Waals surface area contributed by atoms with Crippen LogP contribution in [0, 0.1) is 0 Å². The average Bonchev–Trinajstić information content (AvgIpc) is 2.98. The first-order chi connectivity index (χ1) is 8.05. The van der Waals surface area contributed by atoms with Gasteiger partial charge in [0.2, 0.25) is 0 Å². The van der Waals surface area contributed by atoms with Crippen molar-refractivity contribution in [2.45, 2.75) is 30.1 Å². The Balaban J connectivity index is 0.000000128. The standard InChI is InChI=1S/C6H10O3.C6H10O2/c7-6(3-8-4-6)1-5-2-9-5;1-2-3-6(7)4-8-5-6/h5,7H,1-4H2;2,7H,1,3-5H2. The van der Waals surface area contributed by atoms with Crippen LogP contribution in [0.1, 0.15) is 12.8 Å². The van der Waals surface area contributed by atoms with Crippen LogP contribution in [-0.4, -0.2) is 60.6 Å². The molecule has 1 atom stereocenters. The zero-order valence-electron chi connectivity index (χ0n) is 9.93. The highest BCUT2D eigenvalue weighted by Gasteiger charge is 2.42. The van der Waals surface area contributed by atoms with Gasteiger partial charge in [-0.15, -0.1) is 6.58 Å². The van der Waals surface area contributed by atoms with Crippen molar-refractivity contribution >= 4 is 0 Å². The molecule has 3 fully saturated rings. The molecule has 3 rings (SSSR count). The van der Waals surface area contributed by atoms with E-state index in [4.69, 9.17) is 14.2 Å². The summed E-state index contributed by atoms with van der Waals surface area (Å²) in [6.07, 6.45) is 3.43. The maximum atomic E-state index is 9.42. The maximum absolute atomic E-state index is 9.42. The van der Waals surface area contributed by atoms with Gasteiger partial charge >= 0.3 is 0 Å². The Morgan fingerprint density at radius 2 is 1.65 bits per heavy atom. The van der Waals surface area contributed by atoms with Gasteiger partial charge < -0.3 is 24.4 Å². The first-order valence-electron chi connectivity index (χ1n) is 5.88. The molecule has 17 heavy (non-hydrogen) atoms. The molecule has 0 aromatic carbocycles. The van der Waals surface area contributed by atoms with Crippen LogP contribution in [0.5, 0.6) is 0 Å². The van der Waals surface area contributed by atoms with Crippen LogP contribution in [0.4, 0.5) is 0 Å². The summed E-state index contributed by atoms with van der Waals surface area (Å²) < 4.78 is 14.6. The van der Waals surface area contributed by atoms with Gasteiger partial charge in [0.15, 0.2) is 0 Å². The van der Waals surface area contributed by atoms with Gasteiger partial charge in [-0.3, -0.25) is 0 Å². The minimum absolute atomic E-state index is 0.318. The molecule has 0 spiro atoms. The predicted molar refractivity (Wildman–Crippen MR) is 60.7 cm³/mol. The van der Waals surface area contributed by atoms with Crippen LogP contribution in [-0.2, 0) is 14.2 Å². The summed E-state index contributed by atoms with van der Waals surface area (Å²) in [6, 6.07) is 0. The molecule has 3 saturated heterocycles. The Kier molecular flexibility index (Phi) is 3.85. The van der Waals surface area contributed by atoms with Crippen molar-refractivity contribution in [3.05, 3.63) is 12.7 Å². The largest absolute Gasteiger partial charge is 0.385 e. The second-order valence-corrected chi connectivity index (χ2v) is 5.09. The van der Waals surface area contributed by atoms with Crippen LogP contribution < -0.4 is 0 Å². The molecule has 5 heteroatoms. The molecule has 3 aliphatic heterocycles. The number of hydrogen-bond acceptors (Lipinski definition) is 5. The van der Waals surface area contributed by atoms with E-state index in [0.29, 0.717) is 39.0 Å². The molecule has 0 amide bonds. The molecule has 3 heterocycles. The summed E-state index contributed by atoms with van der Waals surface area (Å²) in [5.41, 5.74) is -1.11. The summed E-state index contributed by atoms with van der Waals surface area (Å²) >= 11 is 0. The van der Waals surface area contributed by atoms with Crippen LogP contribution in [0.2, 0.25) is 0 Å². The van der Waals surface area contributed by atoms with Crippen molar-refractivity contribution in [2.75, 3.05) is 33.0 Å². The second-order valence-electron chi connectivity index (χ2n) is 5.09. The molecular weight excluding hydrogens is 224 g/mol. The summed E-state index contributed by atoms with van der Waals surface area (Å²) in [5, 5.41) is 18.6. The molecule has 0 saturated carbocycles. The number of aliphatic hydroxyl groups is 2. The van der Waals surface area contributed by atoms with Crippen molar-refractivity contribution in [3.8, 4) is 0 Å². The van der Waals surface area contributed by atoms with Crippen LogP contribution in [0.25, 0.3) is 0 Å². The van der Waals surface area contributed by atoms with E-state index in [1.54, 1.807) is 6.08 Å². The van der Waals surface area contributed by atoms with Crippen molar-refractivity contribution in [1.82, 2.24) is 0 Å². The van der Waals surface area contributed by atoms with E-state index in [-0.39, 0.29) is 0 Å². The third-order valence-corrected chi connectivity index (χ3v) is 3.02. The number of hydrogen-bond donors (Lipinski definition) is 2. The number of ether oxygens (including phenoxy) is 3. The van der Waals surface area contributed by atoms with Gasteiger partial charge in [0.05, 0.1) is 39.1 Å². The molecular formula is C12H20O5. The highest BCUT2D eigenvalue weighted by Crippen LogP contribution is 2.28. The van der Waals surface area contributed by atoms with Crippen molar-refractivity contribution < 1.29 is 24.4 Å². The van der Waals surface area contributed by atoms with Gasteiger partial charge in [0, 0.05) is 6.42 Å². The SMILES string of the molecule is C=CCC1(O)COC1.OC1(CC2CO2)COC1. The fourth-order valence-corrected chi connectivity index (χ4v) is 1.79. The molecule has 0 radical (unpaired) electrons. The zero-order valence-corrected chi connectivity index (χ0v) is 9.93. The zero-order chi connectivity index (χ0) is 12.4. The minimum atomic E-state index is -0.568. The first-order valence-corrected chi connectivity index (χ1v) is 5.88. The molecule has 2 N–H and O–H groups in total. The maximum Gasteiger partial charge on any atom is 0.115 e. The third kappa shape index (κ3) is 3.76. The van der Waals surface area contributed by atoms with E-state index in [1.807, 2.05) is 0 Å². The average molecular weight is 244 g/mol. The predicted octanol–water partition coefficient (Wildman–Crippen LogP) is -0.140. The third-order valence-electron chi connectivity index (χ3n) is 3.02. The first kappa shape index (κ1) is 13.0. The van der Waals surface area contributed by atoms with Crippen LogP contribution in [0.15, 0.2) is 12.7 Å². The van der Waals surface area contributed by atoms with Gasteiger partial charge in [-0.05, 0) is 6.42 Å². The number of epoxide rings is 1. The molecule has 5 nitrogen and oxygen atoms in total. The van der Waals surface area contributed by atoms with E-state index in [2.05, 4.69) is 6.58 Å². The van der Waals surface area contributed by atoms with Crippen LogP contribution in [0.3, 0.4) is 0 Å². The lowest BCUT2D eigenvalue weighted by Crippen LogP contribution is -2.50. The van der Waals surface area contributed by atoms with E-state index in [0.717, 1.165) is 13.0 Å². The van der Waals surface area contributed by atoms with Crippen molar-refractivity contribution in [1.29, 1.82) is 0 Å². The normalized spacial score (nSPS) is 31.3. The molecule has 3 aliphatic rings. The fourth-order valence-electron chi connectivity index (χ4n) is 1.79. The Morgan fingerprint density at radius 1 is 1.12 bits per heavy atom. The van der Waals surface area contributed by atoms with Crippen molar-refractivity contribution in [3.63, 3.8) is 0 Å². The van der Waals surface area contributed by atoms with Gasteiger partial charge in [0.25, 0.3) is 0 Å². The van der Waals surface area contributed by atoms with E-state index < -0.39 is 11.2 Å². The fraction of sp³-hybridized carbons (Fsp3) is 0.833. The highest BCUT2D eigenvalue weighted by atomic mass is 16.6. The van der Waals surface area contributed by atoms with Gasteiger partial charge in [-0.1, -0.05) is 6.08 Å². The molecule has 0 aromatic heterocycles. The summed E-state index contributed by atoms with van der Waals surface area (Å²) in [6.45, 7) is 6.26.